The van der Waals surface area contributed by atoms with E-state index in [9.17, 15) is 0 Å². The summed E-state index contributed by atoms with van der Waals surface area (Å²) in [6.07, 6.45) is 5.44. The maximum absolute atomic E-state index is 3.63. The molecule has 0 aromatic rings. The van der Waals surface area contributed by atoms with Crippen LogP contribution >= 0.6 is 0 Å². The number of hydrogen-bond acceptors (Lipinski definition) is 1. The molecule has 1 rings (SSSR count). The Balaban J connectivity index is 0.000000671. The Morgan fingerprint density at radius 2 is 1.69 bits per heavy atom. The highest BCUT2D eigenvalue weighted by Gasteiger charge is 2.22. The van der Waals surface area contributed by atoms with Crippen molar-refractivity contribution >= 4 is 0 Å². The van der Waals surface area contributed by atoms with Gasteiger partial charge in [-0.3, -0.25) is 0 Å². The molecule has 0 saturated carbocycles. The number of nitrogens with one attached hydrogen (secondary N) is 1. The van der Waals surface area contributed by atoms with Crippen molar-refractivity contribution in [3.63, 3.8) is 0 Å². The summed E-state index contributed by atoms with van der Waals surface area (Å²) in [4.78, 5) is 0. The van der Waals surface area contributed by atoms with Crippen LogP contribution in [0.15, 0.2) is 0 Å². The van der Waals surface area contributed by atoms with Crippen molar-refractivity contribution in [2.24, 2.45) is 5.92 Å². The van der Waals surface area contributed by atoms with Gasteiger partial charge in [-0.05, 0) is 32.1 Å². The van der Waals surface area contributed by atoms with Crippen LogP contribution in [-0.2, 0) is 0 Å². The van der Waals surface area contributed by atoms with E-state index in [0.29, 0.717) is 0 Å². The van der Waals surface area contributed by atoms with Crippen LogP contribution in [0, 0.1) is 5.92 Å². The van der Waals surface area contributed by atoms with Crippen molar-refractivity contribution in [3.8, 4) is 0 Å². The number of piperidine rings is 1. The predicted octanol–water partition coefficient (Wildman–Crippen LogP) is 3.59. The molecular formula is C12H27N. The Kier molecular flexibility index (Phi) is 7.35. The summed E-state index contributed by atoms with van der Waals surface area (Å²) in [6.45, 7) is 10.9. The summed E-state index contributed by atoms with van der Waals surface area (Å²) in [5, 5.41) is 3.63. The third kappa shape index (κ3) is 4.66. The summed E-state index contributed by atoms with van der Waals surface area (Å²) in [5.41, 5.74) is 0. The van der Waals surface area contributed by atoms with E-state index in [1.165, 1.54) is 25.7 Å². The average Bonchev–Trinajstić information content (AvgIpc) is 2.20. The Morgan fingerprint density at radius 1 is 1.08 bits per heavy atom. The molecule has 1 aliphatic heterocycles. The van der Waals surface area contributed by atoms with Crippen LogP contribution in [0.25, 0.3) is 0 Å². The van der Waals surface area contributed by atoms with Crippen molar-refractivity contribution in [1.29, 1.82) is 0 Å². The Hall–Kier alpha value is -0.0400. The Bertz CT molecular complexity index is 99.7. The van der Waals surface area contributed by atoms with E-state index in [0.717, 1.165) is 18.0 Å². The zero-order chi connectivity index (χ0) is 10.3. The molecule has 0 aromatic carbocycles. The summed E-state index contributed by atoms with van der Waals surface area (Å²) in [6, 6.07) is 1.54. The highest BCUT2D eigenvalue weighted by Crippen LogP contribution is 2.23. The summed E-state index contributed by atoms with van der Waals surface area (Å²) in [7, 11) is 0. The topological polar surface area (TPSA) is 12.0 Å². The molecule has 1 saturated heterocycles. The molecule has 1 aliphatic rings. The van der Waals surface area contributed by atoms with Crippen LogP contribution in [0.2, 0.25) is 0 Å². The molecule has 80 valence electrons. The van der Waals surface area contributed by atoms with Crippen LogP contribution < -0.4 is 5.32 Å². The minimum Gasteiger partial charge on any atom is -0.311 e. The van der Waals surface area contributed by atoms with Gasteiger partial charge < -0.3 is 5.32 Å². The zero-order valence-electron chi connectivity index (χ0n) is 10.1. The second-order valence-corrected chi connectivity index (χ2v) is 3.92. The molecule has 1 heteroatoms. The Labute approximate surface area is 84.3 Å². The van der Waals surface area contributed by atoms with Crippen LogP contribution in [0.1, 0.15) is 60.3 Å². The van der Waals surface area contributed by atoms with Gasteiger partial charge in [0.05, 0.1) is 0 Å². The first-order valence-electron chi connectivity index (χ1n) is 6.02. The van der Waals surface area contributed by atoms with Crippen LogP contribution in [0.3, 0.4) is 0 Å². The standard InChI is InChI=1S/C10H21N.C2H6/c1-4-9-6-8(3)11-10(5-2)7-9;1-2/h8-11H,4-7H2,1-3H3;1-2H3. The van der Waals surface area contributed by atoms with Crippen LogP contribution in [-0.4, -0.2) is 12.1 Å². The van der Waals surface area contributed by atoms with Crippen molar-refractivity contribution < 1.29 is 0 Å². The summed E-state index contributed by atoms with van der Waals surface area (Å²) < 4.78 is 0. The molecule has 0 bridgehead atoms. The second-order valence-electron chi connectivity index (χ2n) is 3.92. The smallest absolute Gasteiger partial charge is 0.00695 e. The lowest BCUT2D eigenvalue weighted by molar-refractivity contribution is 0.242. The molecule has 1 heterocycles. The van der Waals surface area contributed by atoms with Crippen molar-refractivity contribution in [2.75, 3.05) is 0 Å². The molecule has 0 aliphatic carbocycles. The van der Waals surface area contributed by atoms with Gasteiger partial charge in [0.1, 0.15) is 0 Å². The lowest BCUT2D eigenvalue weighted by Gasteiger charge is -2.33. The molecule has 0 amide bonds. The quantitative estimate of drug-likeness (QED) is 0.693. The highest BCUT2D eigenvalue weighted by molar-refractivity contribution is 4.81. The molecule has 0 aromatic heterocycles. The first kappa shape index (κ1) is 13.0. The summed E-state index contributed by atoms with van der Waals surface area (Å²) >= 11 is 0. The van der Waals surface area contributed by atoms with E-state index in [2.05, 4.69) is 26.1 Å². The lowest BCUT2D eigenvalue weighted by Crippen LogP contribution is -2.43. The van der Waals surface area contributed by atoms with E-state index in [4.69, 9.17) is 0 Å². The highest BCUT2D eigenvalue weighted by atomic mass is 15.0. The van der Waals surface area contributed by atoms with Gasteiger partial charge in [0.15, 0.2) is 0 Å². The number of hydrogen-bond donors (Lipinski definition) is 1. The van der Waals surface area contributed by atoms with Gasteiger partial charge in [-0.15, -0.1) is 0 Å². The molecule has 1 nitrogen and oxygen atoms in total. The SMILES string of the molecule is CC.CCC1CC(C)NC(CC)C1. The molecule has 3 atom stereocenters. The van der Waals surface area contributed by atoms with Crippen molar-refractivity contribution in [3.05, 3.63) is 0 Å². The largest absolute Gasteiger partial charge is 0.311 e. The normalized spacial score (nSPS) is 33.5. The molecule has 0 radical (unpaired) electrons. The number of rotatable bonds is 2. The molecule has 3 unspecified atom stereocenters. The van der Waals surface area contributed by atoms with E-state index < -0.39 is 0 Å². The molecule has 0 spiro atoms. The fourth-order valence-electron chi connectivity index (χ4n) is 2.15. The maximum atomic E-state index is 3.63. The monoisotopic (exact) mass is 185 g/mol. The average molecular weight is 185 g/mol. The fourth-order valence-corrected chi connectivity index (χ4v) is 2.15. The molecule has 1 N–H and O–H groups in total. The first-order chi connectivity index (χ1) is 6.26. The minimum atomic E-state index is 0.749. The van der Waals surface area contributed by atoms with E-state index in [1.807, 2.05) is 13.8 Å². The third-order valence-corrected chi connectivity index (χ3v) is 2.90. The van der Waals surface area contributed by atoms with Crippen molar-refractivity contribution in [1.82, 2.24) is 5.32 Å². The molecule has 13 heavy (non-hydrogen) atoms. The summed E-state index contributed by atoms with van der Waals surface area (Å²) in [5.74, 6) is 0.983. The van der Waals surface area contributed by atoms with Crippen molar-refractivity contribution in [2.45, 2.75) is 72.4 Å². The predicted molar refractivity (Wildman–Crippen MR) is 61.0 cm³/mol. The minimum absolute atomic E-state index is 0.749. The first-order valence-corrected chi connectivity index (χ1v) is 6.02. The van der Waals surface area contributed by atoms with Gasteiger partial charge in [-0.2, -0.15) is 0 Å². The van der Waals surface area contributed by atoms with Gasteiger partial charge in [-0.1, -0.05) is 34.1 Å². The third-order valence-electron chi connectivity index (χ3n) is 2.90. The van der Waals surface area contributed by atoms with Gasteiger partial charge >= 0.3 is 0 Å². The van der Waals surface area contributed by atoms with Crippen LogP contribution in [0.5, 0.6) is 0 Å². The molecular weight excluding hydrogens is 158 g/mol. The van der Waals surface area contributed by atoms with E-state index in [-0.39, 0.29) is 0 Å². The van der Waals surface area contributed by atoms with Gasteiger partial charge in [0.25, 0.3) is 0 Å². The van der Waals surface area contributed by atoms with Crippen LogP contribution in [0.4, 0.5) is 0 Å². The van der Waals surface area contributed by atoms with Gasteiger partial charge in [0.2, 0.25) is 0 Å². The van der Waals surface area contributed by atoms with E-state index >= 15 is 0 Å². The lowest BCUT2D eigenvalue weighted by atomic mass is 9.86. The maximum Gasteiger partial charge on any atom is 0.00695 e. The second kappa shape index (κ2) is 7.37. The zero-order valence-corrected chi connectivity index (χ0v) is 10.1. The fraction of sp³-hybridized carbons (Fsp3) is 1.00. The van der Waals surface area contributed by atoms with E-state index in [1.54, 1.807) is 0 Å². The molecule has 1 fully saturated rings. The Morgan fingerprint density at radius 3 is 2.15 bits per heavy atom. The van der Waals surface area contributed by atoms with Gasteiger partial charge in [-0.25, -0.2) is 0 Å². The van der Waals surface area contributed by atoms with Gasteiger partial charge in [0, 0.05) is 12.1 Å².